The van der Waals surface area contributed by atoms with E-state index in [1.54, 1.807) is 0 Å². The van der Waals surface area contributed by atoms with Crippen molar-refractivity contribution in [3.05, 3.63) is 0 Å². The molecule has 0 saturated heterocycles. The first kappa shape index (κ1) is 13.0. The highest BCUT2D eigenvalue weighted by molar-refractivity contribution is 4.84. The minimum absolute atomic E-state index is 0.189. The second kappa shape index (κ2) is 5.31. The van der Waals surface area contributed by atoms with Crippen LogP contribution in [0, 0.1) is 11.8 Å². The maximum Gasteiger partial charge on any atom is 0.0620 e. The van der Waals surface area contributed by atoms with Crippen molar-refractivity contribution in [1.82, 2.24) is 0 Å². The molecular weight excluding hydrogens is 188 g/mol. The lowest BCUT2D eigenvalue weighted by Crippen LogP contribution is -2.36. The third kappa shape index (κ3) is 3.76. The van der Waals surface area contributed by atoms with Gasteiger partial charge in [0, 0.05) is 0 Å². The Morgan fingerprint density at radius 1 is 1.27 bits per heavy atom. The molecule has 1 aliphatic rings. The van der Waals surface area contributed by atoms with Crippen molar-refractivity contribution in [3.63, 3.8) is 0 Å². The topological polar surface area (TPSA) is 40.5 Å². The lowest BCUT2D eigenvalue weighted by atomic mass is 9.73. The van der Waals surface area contributed by atoms with Gasteiger partial charge in [0.1, 0.15) is 0 Å². The average molecular weight is 214 g/mol. The Morgan fingerprint density at radius 2 is 1.93 bits per heavy atom. The summed E-state index contributed by atoms with van der Waals surface area (Å²) >= 11 is 0. The van der Waals surface area contributed by atoms with Crippen molar-refractivity contribution in [2.45, 2.75) is 71.0 Å². The van der Waals surface area contributed by atoms with Crippen LogP contribution in [0.1, 0.15) is 59.3 Å². The first-order valence-electron chi connectivity index (χ1n) is 6.39. The summed E-state index contributed by atoms with van der Waals surface area (Å²) in [5, 5.41) is 20.0. The standard InChI is InChI=1S/C13H26O2/c1-4-10-6-7-12(14)11(8-10)9-13(3,15)5-2/h10-12,14-15H,4-9H2,1-3H3. The third-order valence-corrected chi connectivity index (χ3v) is 4.09. The predicted octanol–water partition coefficient (Wildman–Crippen LogP) is 2.72. The quantitative estimate of drug-likeness (QED) is 0.755. The van der Waals surface area contributed by atoms with Gasteiger partial charge >= 0.3 is 0 Å². The fourth-order valence-electron chi connectivity index (χ4n) is 2.64. The normalized spacial score (nSPS) is 36.2. The molecule has 0 spiro atoms. The number of aliphatic hydroxyl groups is 2. The molecule has 90 valence electrons. The summed E-state index contributed by atoms with van der Waals surface area (Å²) in [7, 11) is 0. The lowest BCUT2D eigenvalue weighted by molar-refractivity contribution is -0.0257. The van der Waals surface area contributed by atoms with Crippen molar-refractivity contribution in [2.24, 2.45) is 11.8 Å². The van der Waals surface area contributed by atoms with Crippen molar-refractivity contribution in [3.8, 4) is 0 Å². The van der Waals surface area contributed by atoms with Gasteiger partial charge in [-0.1, -0.05) is 20.3 Å². The maximum atomic E-state index is 10.0. The molecule has 2 N–H and O–H groups in total. The van der Waals surface area contributed by atoms with E-state index in [0.717, 1.165) is 38.0 Å². The largest absolute Gasteiger partial charge is 0.393 e. The van der Waals surface area contributed by atoms with E-state index in [1.165, 1.54) is 6.42 Å². The molecule has 0 bridgehead atoms. The summed E-state index contributed by atoms with van der Waals surface area (Å²) < 4.78 is 0. The van der Waals surface area contributed by atoms with Crippen molar-refractivity contribution >= 4 is 0 Å². The molecule has 1 saturated carbocycles. The van der Waals surface area contributed by atoms with E-state index in [4.69, 9.17) is 0 Å². The predicted molar refractivity (Wildman–Crippen MR) is 62.7 cm³/mol. The van der Waals surface area contributed by atoms with Crippen LogP contribution < -0.4 is 0 Å². The second-order valence-electron chi connectivity index (χ2n) is 5.47. The molecule has 1 fully saturated rings. The molecule has 2 nitrogen and oxygen atoms in total. The molecule has 4 atom stereocenters. The lowest BCUT2D eigenvalue weighted by Gasteiger charge is -2.36. The highest BCUT2D eigenvalue weighted by atomic mass is 16.3. The van der Waals surface area contributed by atoms with Crippen molar-refractivity contribution in [2.75, 3.05) is 0 Å². The summed E-state index contributed by atoms with van der Waals surface area (Å²) in [5.41, 5.74) is -0.596. The summed E-state index contributed by atoms with van der Waals surface area (Å²) in [6, 6.07) is 0. The minimum Gasteiger partial charge on any atom is -0.393 e. The van der Waals surface area contributed by atoms with E-state index >= 15 is 0 Å². The number of rotatable bonds is 4. The van der Waals surface area contributed by atoms with Gasteiger partial charge in [0.2, 0.25) is 0 Å². The number of hydrogen-bond acceptors (Lipinski definition) is 2. The molecule has 0 amide bonds. The van der Waals surface area contributed by atoms with Gasteiger partial charge in [-0.3, -0.25) is 0 Å². The van der Waals surface area contributed by atoms with Gasteiger partial charge in [-0.2, -0.15) is 0 Å². The Bertz CT molecular complexity index is 189. The van der Waals surface area contributed by atoms with Gasteiger partial charge < -0.3 is 10.2 Å². The summed E-state index contributed by atoms with van der Waals surface area (Å²) in [4.78, 5) is 0. The summed E-state index contributed by atoms with van der Waals surface area (Å²) in [6.07, 6.45) is 5.70. The van der Waals surface area contributed by atoms with Gasteiger partial charge in [0.15, 0.2) is 0 Å². The molecule has 0 radical (unpaired) electrons. The van der Waals surface area contributed by atoms with Crippen LogP contribution in [-0.4, -0.2) is 21.9 Å². The first-order valence-corrected chi connectivity index (χ1v) is 6.39. The first-order chi connectivity index (χ1) is 6.98. The molecule has 1 aliphatic carbocycles. The molecule has 0 heterocycles. The molecule has 4 unspecified atom stereocenters. The molecule has 15 heavy (non-hydrogen) atoms. The molecule has 1 rings (SSSR count). The van der Waals surface area contributed by atoms with Gasteiger partial charge in [-0.05, 0) is 50.9 Å². The Morgan fingerprint density at radius 3 is 2.47 bits per heavy atom. The number of aliphatic hydroxyl groups excluding tert-OH is 1. The van der Waals surface area contributed by atoms with Crippen LogP contribution in [0.25, 0.3) is 0 Å². The van der Waals surface area contributed by atoms with Crippen LogP contribution in [0.15, 0.2) is 0 Å². The van der Waals surface area contributed by atoms with Crippen LogP contribution in [0.4, 0.5) is 0 Å². The maximum absolute atomic E-state index is 10.0. The van der Waals surface area contributed by atoms with Crippen molar-refractivity contribution in [1.29, 1.82) is 0 Å². The number of hydrogen-bond donors (Lipinski definition) is 2. The fraction of sp³-hybridized carbons (Fsp3) is 1.00. The van der Waals surface area contributed by atoms with Gasteiger partial charge in [-0.15, -0.1) is 0 Å². The molecule has 0 aromatic heterocycles. The van der Waals surface area contributed by atoms with E-state index in [9.17, 15) is 10.2 Å². The van der Waals surface area contributed by atoms with Gasteiger partial charge in [-0.25, -0.2) is 0 Å². The zero-order valence-corrected chi connectivity index (χ0v) is 10.4. The van der Waals surface area contributed by atoms with Crippen LogP contribution in [0.2, 0.25) is 0 Å². The zero-order chi connectivity index (χ0) is 11.5. The Balaban J connectivity index is 2.51. The van der Waals surface area contributed by atoms with Gasteiger partial charge in [0.05, 0.1) is 11.7 Å². The summed E-state index contributed by atoms with van der Waals surface area (Å²) in [6.45, 7) is 6.11. The molecule has 0 aromatic carbocycles. The van der Waals surface area contributed by atoms with Crippen LogP contribution >= 0.6 is 0 Å². The Hall–Kier alpha value is -0.0800. The van der Waals surface area contributed by atoms with E-state index < -0.39 is 5.60 Å². The van der Waals surface area contributed by atoms with E-state index in [0.29, 0.717) is 5.92 Å². The average Bonchev–Trinajstić information content (AvgIpc) is 2.21. The van der Waals surface area contributed by atoms with Crippen molar-refractivity contribution < 1.29 is 10.2 Å². The Kier molecular flexibility index (Phi) is 4.60. The SMILES string of the molecule is CCC1CCC(O)C(CC(C)(O)CC)C1. The second-order valence-corrected chi connectivity index (χ2v) is 5.47. The zero-order valence-electron chi connectivity index (χ0n) is 10.4. The van der Waals surface area contributed by atoms with Crippen LogP contribution in [0.3, 0.4) is 0 Å². The molecular formula is C13H26O2. The van der Waals surface area contributed by atoms with E-state index in [1.807, 2.05) is 13.8 Å². The van der Waals surface area contributed by atoms with E-state index in [-0.39, 0.29) is 6.10 Å². The van der Waals surface area contributed by atoms with Gasteiger partial charge in [0.25, 0.3) is 0 Å². The Labute approximate surface area is 93.7 Å². The molecule has 2 heteroatoms. The van der Waals surface area contributed by atoms with Crippen LogP contribution in [-0.2, 0) is 0 Å². The third-order valence-electron chi connectivity index (χ3n) is 4.09. The van der Waals surface area contributed by atoms with E-state index in [2.05, 4.69) is 6.92 Å². The minimum atomic E-state index is -0.596. The molecule has 0 aliphatic heterocycles. The smallest absolute Gasteiger partial charge is 0.0620 e. The highest BCUT2D eigenvalue weighted by Crippen LogP contribution is 2.36. The van der Waals surface area contributed by atoms with Crippen LogP contribution in [0.5, 0.6) is 0 Å². The summed E-state index contributed by atoms with van der Waals surface area (Å²) in [5.74, 6) is 1.06. The molecule has 0 aromatic rings. The monoisotopic (exact) mass is 214 g/mol. The highest BCUT2D eigenvalue weighted by Gasteiger charge is 2.33. The fourth-order valence-corrected chi connectivity index (χ4v) is 2.64.